The van der Waals surface area contributed by atoms with Crippen LogP contribution in [-0.2, 0) is 9.59 Å². The van der Waals surface area contributed by atoms with Crippen LogP contribution in [0.5, 0.6) is 0 Å². The van der Waals surface area contributed by atoms with E-state index < -0.39 is 11.9 Å². The van der Waals surface area contributed by atoms with Crippen molar-refractivity contribution in [2.45, 2.75) is 13.8 Å². The van der Waals surface area contributed by atoms with Crippen LogP contribution in [0.15, 0.2) is 35.4 Å². The molecule has 1 aromatic rings. The molecule has 1 rings (SSSR count). The largest absolute Gasteiger partial charge is 0.478 e. The van der Waals surface area contributed by atoms with Crippen LogP contribution >= 0.6 is 0 Å². The summed E-state index contributed by atoms with van der Waals surface area (Å²) in [6, 6.07) is 6.28. The molecule has 0 aliphatic heterocycles. The summed E-state index contributed by atoms with van der Waals surface area (Å²) in [5, 5.41) is 13.9. The Morgan fingerprint density at radius 3 is 2.00 bits per heavy atom. The van der Waals surface area contributed by atoms with E-state index in [2.05, 4.69) is 10.6 Å². The predicted octanol–water partition coefficient (Wildman–Crippen LogP) is 1.41. The van der Waals surface area contributed by atoms with Crippen LogP contribution in [0.25, 0.3) is 0 Å². The Kier molecular flexibility index (Phi) is 5.02. The zero-order valence-electron chi connectivity index (χ0n) is 11.5. The normalized spacial score (nSPS) is 11.3. The lowest BCUT2D eigenvalue weighted by Gasteiger charge is -2.07. The van der Waals surface area contributed by atoms with Crippen molar-refractivity contribution < 1.29 is 19.5 Å². The van der Waals surface area contributed by atoms with Gasteiger partial charge >= 0.3 is 5.97 Å². The number of carbonyl (C=O) groups is 3. The van der Waals surface area contributed by atoms with E-state index in [1.54, 1.807) is 24.3 Å². The van der Waals surface area contributed by atoms with Crippen LogP contribution in [0, 0.1) is 0 Å². The van der Waals surface area contributed by atoms with Crippen molar-refractivity contribution in [3.63, 3.8) is 0 Å². The SMILES string of the molecule is CNC(=O)c1ccc(NC(=O)C(C)=C(C)C(=O)O)cc1. The van der Waals surface area contributed by atoms with E-state index in [9.17, 15) is 14.4 Å². The number of anilines is 1. The van der Waals surface area contributed by atoms with Crippen molar-refractivity contribution in [1.29, 1.82) is 0 Å². The van der Waals surface area contributed by atoms with E-state index in [1.165, 1.54) is 20.9 Å². The summed E-state index contributed by atoms with van der Waals surface area (Å²) >= 11 is 0. The molecule has 0 heterocycles. The van der Waals surface area contributed by atoms with E-state index in [1.807, 2.05) is 0 Å². The van der Waals surface area contributed by atoms with E-state index in [0.29, 0.717) is 11.3 Å². The van der Waals surface area contributed by atoms with Gasteiger partial charge < -0.3 is 15.7 Å². The number of carboxylic acids is 1. The topological polar surface area (TPSA) is 95.5 Å². The van der Waals surface area contributed by atoms with Gasteiger partial charge in [0.2, 0.25) is 0 Å². The minimum absolute atomic E-state index is 0.00974. The molecule has 0 bridgehead atoms. The van der Waals surface area contributed by atoms with Gasteiger partial charge in [-0.15, -0.1) is 0 Å². The highest BCUT2D eigenvalue weighted by Gasteiger charge is 2.13. The van der Waals surface area contributed by atoms with E-state index >= 15 is 0 Å². The average molecular weight is 276 g/mol. The highest BCUT2D eigenvalue weighted by atomic mass is 16.4. The first-order valence-corrected chi connectivity index (χ1v) is 5.91. The Morgan fingerprint density at radius 1 is 1.00 bits per heavy atom. The predicted molar refractivity (Wildman–Crippen MR) is 74.5 cm³/mol. The lowest BCUT2D eigenvalue weighted by Crippen LogP contribution is -2.18. The fraction of sp³-hybridized carbons (Fsp3) is 0.214. The maximum absolute atomic E-state index is 11.8. The molecule has 0 radical (unpaired) electrons. The minimum Gasteiger partial charge on any atom is -0.478 e. The number of benzene rings is 1. The zero-order valence-corrected chi connectivity index (χ0v) is 11.5. The van der Waals surface area contributed by atoms with Gasteiger partial charge in [-0.25, -0.2) is 4.79 Å². The van der Waals surface area contributed by atoms with Crippen LogP contribution < -0.4 is 10.6 Å². The number of rotatable bonds is 4. The van der Waals surface area contributed by atoms with Crippen molar-refractivity contribution in [1.82, 2.24) is 5.32 Å². The molecule has 0 saturated heterocycles. The summed E-state index contributed by atoms with van der Waals surface area (Å²) in [6.45, 7) is 2.81. The molecule has 0 saturated carbocycles. The molecule has 20 heavy (non-hydrogen) atoms. The molecule has 0 aliphatic carbocycles. The first kappa shape index (κ1) is 15.4. The van der Waals surface area contributed by atoms with Crippen LogP contribution in [0.1, 0.15) is 24.2 Å². The van der Waals surface area contributed by atoms with Gasteiger partial charge in [-0.2, -0.15) is 0 Å². The smallest absolute Gasteiger partial charge is 0.331 e. The molecule has 0 fully saturated rings. The number of aliphatic carboxylic acids is 1. The van der Waals surface area contributed by atoms with Crippen molar-refractivity contribution in [3.05, 3.63) is 41.0 Å². The molecule has 6 nitrogen and oxygen atoms in total. The minimum atomic E-state index is -1.13. The molecule has 3 N–H and O–H groups in total. The summed E-state index contributed by atoms with van der Waals surface area (Å²) in [5.41, 5.74) is 1.08. The van der Waals surface area contributed by atoms with Crippen molar-refractivity contribution in [2.75, 3.05) is 12.4 Å². The van der Waals surface area contributed by atoms with Crippen molar-refractivity contribution in [3.8, 4) is 0 Å². The van der Waals surface area contributed by atoms with Gasteiger partial charge in [-0.1, -0.05) is 0 Å². The molecular weight excluding hydrogens is 260 g/mol. The molecule has 106 valence electrons. The summed E-state index contributed by atoms with van der Waals surface area (Å²) < 4.78 is 0. The Labute approximate surface area is 116 Å². The van der Waals surface area contributed by atoms with Gasteiger partial charge in [-0.3, -0.25) is 9.59 Å². The van der Waals surface area contributed by atoms with Crippen molar-refractivity contribution >= 4 is 23.5 Å². The first-order valence-electron chi connectivity index (χ1n) is 5.91. The van der Waals surface area contributed by atoms with Crippen LogP contribution in [0.2, 0.25) is 0 Å². The maximum Gasteiger partial charge on any atom is 0.331 e. The fourth-order valence-electron chi connectivity index (χ4n) is 1.40. The Hall–Kier alpha value is -2.63. The summed E-state index contributed by atoms with van der Waals surface area (Å²) in [5.74, 6) is -1.84. The summed E-state index contributed by atoms with van der Waals surface area (Å²) in [4.78, 5) is 33.9. The molecule has 6 heteroatoms. The van der Waals surface area contributed by atoms with Crippen LogP contribution in [0.4, 0.5) is 5.69 Å². The second kappa shape index (κ2) is 6.51. The lowest BCUT2D eigenvalue weighted by molar-refractivity contribution is -0.133. The standard InChI is InChI=1S/C14H16N2O4/c1-8(9(2)14(19)20)12(17)16-11-6-4-10(5-7-11)13(18)15-3/h4-7H,1-3H3,(H,15,18)(H,16,17)(H,19,20). The van der Waals surface area contributed by atoms with Crippen LogP contribution in [0.3, 0.4) is 0 Å². The third-order valence-corrected chi connectivity index (χ3v) is 2.86. The third kappa shape index (κ3) is 3.68. The zero-order chi connectivity index (χ0) is 15.3. The van der Waals surface area contributed by atoms with Gasteiger partial charge in [0, 0.05) is 29.4 Å². The fourth-order valence-corrected chi connectivity index (χ4v) is 1.40. The molecule has 0 atom stereocenters. The Bertz CT molecular complexity index is 573. The Balaban J connectivity index is 2.84. The number of hydrogen-bond donors (Lipinski definition) is 3. The highest BCUT2D eigenvalue weighted by molar-refractivity contribution is 6.08. The molecule has 2 amide bonds. The summed E-state index contributed by atoms with van der Waals surface area (Å²) in [6.07, 6.45) is 0. The number of hydrogen-bond acceptors (Lipinski definition) is 3. The van der Waals surface area contributed by atoms with E-state index in [-0.39, 0.29) is 17.1 Å². The third-order valence-electron chi connectivity index (χ3n) is 2.86. The van der Waals surface area contributed by atoms with E-state index in [4.69, 9.17) is 5.11 Å². The summed E-state index contributed by atoms with van der Waals surface area (Å²) in [7, 11) is 1.53. The van der Waals surface area contributed by atoms with Crippen LogP contribution in [-0.4, -0.2) is 29.9 Å². The molecule has 0 unspecified atom stereocenters. The number of amides is 2. The molecular formula is C14H16N2O4. The molecule has 1 aromatic carbocycles. The lowest BCUT2D eigenvalue weighted by atomic mass is 10.1. The average Bonchev–Trinajstić information content (AvgIpc) is 2.45. The van der Waals surface area contributed by atoms with Gasteiger partial charge in [0.15, 0.2) is 0 Å². The monoisotopic (exact) mass is 276 g/mol. The number of carbonyl (C=O) groups excluding carboxylic acids is 2. The second-order valence-electron chi connectivity index (χ2n) is 4.17. The quantitative estimate of drug-likeness (QED) is 0.724. The maximum atomic E-state index is 11.8. The Morgan fingerprint density at radius 2 is 1.55 bits per heavy atom. The number of nitrogens with one attached hydrogen (secondary N) is 2. The van der Waals surface area contributed by atoms with Gasteiger partial charge in [-0.05, 0) is 38.1 Å². The molecule has 0 aromatic heterocycles. The molecule has 0 spiro atoms. The van der Waals surface area contributed by atoms with Gasteiger partial charge in [0.25, 0.3) is 11.8 Å². The highest BCUT2D eigenvalue weighted by Crippen LogP contribution is 2.12. The van der Waals surface area contributed by atoms with Gasteiger partial charge in [0.05, 0.1) is 0 Å². The van der Waals surface area contributed by atoms with Gasteiger partial charge in [0.1, 0.15) is 0 Å². The van der Waals surface area contributed by atoms with E-state index in [0.717, 1.165) is 0 Å². The second-order valence-corrected chi connectivity index (χ2v) is 4.17. The first-order chi connectivity index (χ1) is 9.36. The van der Waals surface area contributed by atoms with Crippen molar-refractivity contribution in [2.24, 2.45) is 0 Å². The number of carboxylic acid groups (broad SMARTS) is 1. The molecule has 0 aliphatic rings.